The molecule has 100 valence electrons. The molecule has 0 fully saturated rings. The molecule has 0 aliphatic heterocycles. The first-order chi connectivity index (χ1) is 9.19. The van der Waals surface area contributed by atoms with E-state index in [1.807, 2.05) is 24.3 Å². The van der Waals surface area contributed by atoms with E-state index in [0.717, 1.165) is 11.3 Å². The summed E-state index contributed by atoms with van der Waals surface area (Å²) in [4.78, 5) is 0. The first-order valence-corrected chi connectivity index (χ1v) is 6.69. The van der Waals surface area contributed by atoms with Crippen molar-refractivity contribution in [3.8, 4) is 5.75 Å². The first kappa shape index (κ1) is 14.2. The molecule has 19 heavy (non-hydrogen) atoms. The van der Waals surface area contributed by atoms with Gasteiger partial charge in [-0.15, -0.1) is 0 Å². The van der Waals surface area contributed by atoms with Gasteiger partial charge in [-0.1, -0.05) is 35.3 Å². The highest BCUT2D eigenvalue weighted by Crippen LogP contribution is 2.21. The molecule has 0 aliphatic carbocycles. The van der Waals surface area contributed by atoms with Gasteiger partial charge in [0.1, 0.15) is 5.75 Å². The number of hydrogen-bond donors (Lipinski definition) is 1. The standard InChI is InChI=1S/C15H14Cl2O2/c16-13-3-1-11(2-4-13)12(9-18)10-19-15-7-5-14(17)6-8-15/h1-8,12,18H,9-10H2/t12-/m1/s1. The minimum absolute atomic E-state index is 0.0230. The lowest BCUT2D eigenvalue weighted by Crippen LogP contribution is -2.14. The first-order valence-electron chi connectivity index (χ1n) is 5.93. The molecule has 0 radical (unpaired) electrons. The van der Waals surface area contributed by atoms with Gasteiger partial charge in [0.15, 0.2) is 0 Å². The second-order valence-corrected chi connectivity index (χ2v) is 5.07. The summed E-state index contributed by atoms with van der Waals surface area (Å²) in [5, 5.41) is 10.8. The average molecular weight is 297 g/mol. The average Bonchev–Trinajstić information content (AvgIpc) is 2.43. The van der Waals surface area contributed by atoms with Gasteiger partial charge in [-0.05, 0) is 42.0 Å². The molecular weight excluding hydrogens is 283 g/mol. The maximum atomic E-state index is 9.44. The van der Waals surface area contributed by atoms with Crippen LogP contribution in [-0.2, 0) is 0 Å². The zero-order chi connectivity index (χ0) is 13.7. The summed E-state index contributed by atoms with van der Waals surface area (Å²) >= 11 is 11.6. The Labute approximate surface area is 122 Å². The van der Waals surface area contributed by atoms with Crippen LogP contribution in [0.3, 0.4) is 0 Å². The van der Waals surface area contributed by atoms with E-state index >= 15 is 0 Å². The van der Waals surface area contributed by atoms with Gasteiger partial charge in [-0.25, -0.2) is 0 Å². The van der Waals surface area contributed by atoms with Crippen molar-refractivity contribution in [2.24, 2.45) is 0 Å². The van der Waals surface area contributed by atoms with Crippen molar-refractivity contribution >= 4 is 23.2 Å². The summed E-state index contributed by atoms with van der Waals surface area (Å²) in [6, 6.07) is 14.6. The lowest BCUT2D eigenvalue weighted by molar-refractivity contribution is 0.205. The van der Waals surface area contributed by atoms with Crippen molar-refractivity contribution in [2.75, 3.05) is 13.2 Å². The molecule has 0 saturated heterocycles. The molecule has 1 atom stereocenters. The molecule has 2 nitrogen and oxygen atoms in total. The van der Waals surface area contributed by atoms with Gasteiger partial charge in [0.25, 0.3) is 0 Å². The van der Waals surface area contributed by atoms with Gasteiger partial charge in [-0.2, -0.15) is 0 Å². The van der Waals surface area contributed by atoms with Crippen molar-refractivity contribution in [2.45, 2.75) is 5.92 Å². The van der Waals surface area contributed by atoms with Crippen LogP contribution < -0.4 is 4.74 Å². The summed E-state index contributed by atoms with van der Waals surface area (Å²) in [5.41, 5.74) is 1.00. The number of aliphatic hydroxyl groups excluding tert-OH is 1. The molecule has 4 heteroatoms. The lowest BCUT2D eigenvalue weighted by Gasteiger charge is -2.16. The summed E-state index contributed by atoms with van der Waals surface area (Å²) < 4.78 is 5.65. The zero-order valence-electron chi connectivity index (χ0n) is 10.2. The van der Waals surface area contributed by atoms with Gasteiger partial charge in [-0.3, -0.25) is 0 Å². The van der Waals surface area contributed by atoms with Crippen LogP contribution in [0.1, 0.15) is 11.5 Å². The summed E-state index contributed by atoms with van der Waals surface area (Å²) in [5.74, 6) is 0.657. The fourth-order valence-corrected chi connectivity index (χ4v) is 1.97. The van der Waals surface area contributed by atoms with E-state index in [-0.39, 0.29) is 12.5 Å². The van der Waals surface area contributed by atoms with E-state index in [2.05, 4.69) is 0 Å². The Morgan fingerprint density at radius 2 is 1.42 bits per heavy atom. The predicted octanol–water partition coefficient (Wildman–Crippen LogP) is 4.15. The second-order valence-electron chi connectivity index (χ2n) is 4.20. The third kappa shape index (κ3) is 4.13. The van der Waals surface area contributed by atoms with E-state index in [4.69, 9.17) is 27.9 Å². The van der Waals surface area contributed by atoms with Gasteiger partial charge in [0.2, 0.25) is 0 Å². The number of aliphatic hydroxyl groups is 1. The Bertz CT molecular complexity index is 509. The molecule has 0 heterocycles. The van der Waals surface area contributed by atoms with Crippen molar-refractivity contribution in [3.63, 3.8) is 0 Å². The molecule has 0 aromatic heterocycles. The fourth-order valence-electron chi connectivity index (χ4n) is 1.72. The van der Waals surface area contributed by atoms with Gasteiger partial charge in [0, 0.05) is 16.0 Å². The van der Waals surface area contributed by atoms with E-state index in [1.165, 1.54) is 0 Å². The minimum Gasteiger partial charge on any atom is -0.493 e. The van der Waals surface area contributed by atoms with E-state index in [1.54, 1.807) is 24.3 Å². The fraction of sp³-hybridized carbons (Fsp3) is 0.200. The summed E-state index contributed by atoms with van der Waals surface area (Å²) in [6.45, 7) is 0.426. The molecule has 2 aromatic carbocycles. The monoisotopic (exact) mass is 296 g/mol. The molecule has 0 saturated carbocycles. The molecule has 0 spiro atoms. The Hall–Kier alpha value is -1.22. The highest BCUT2D eigenvalue weighted by Gasteiger charge is 2.11. The quantitative estimate of drug-likeness (QED) is 0.898. The molecule has 0 unspecified atom stereocenters. The van der Waals surface area contributed by atoms with Crippen LogP contribution in [0.4, 0.5) is 0 Å². The summed E-state index contributed by atoms with van der Waals surface area (Å²) in [6.07, 6.45) is 0. The SMILES string of the molecule is OC[C@H](COc1ccc(Cl)cc1)c1ccc(Cl)cc1. The predicted molar refractivity (Wildman–Crippen MR) is 78.2 cm³/mol. The van der Waals surface area contributed by atoms with Crippen molar-refractivity contribution in [1.82, 2.24) is 0 Å². The van der Waals surface area contributed by atoms with Gasteiger partial charge in [0.05, 0.1) is 13.2 Å². The van der Waals surface area contributed by atoms with Crippen LogP contribution in [0.15, 0.2) is 48.5 Å². The van der Waals surface area contributed by atoms with Crippen LogP contribution >= 0.6 is 23.2 Å². The van der Waals surface area contributed by atoms with Gasteiger partial charge < -0.3 is 9.84 Å². The third-order valence-electron chi connectivity index (χ3n) is 2.83. The van der Waals surface area contributed by atoms with Gasteiger partial charge >= 0.3 is 0 Å². The van der Waals surface area contributed by atoms with E-state index in [9.17, 15) is 5.11 Å². The Kier molecular flexibility index (Phi) is 5.08. The second kappa shape index (κ2) is 6.80. The molecule has 0 aliphatic rings. The van der Waals surface area contributed by atoms with Crippen molar-refractivity contribution < 1.29 is 9.84 Å². The number of rotatable bonds is 5. The molecule has 2 rings (SSSR count). The van der Waals surface area contributed by atoms with E-state index in [0.29, 0.717) is 16.7 Å². The van der Waals surface area contributed by atoms with Crippen LogP contribution in [0.25, 0.3) is 0 Å². The minimum atomic E-state index is -0.0760. The third-order valence-corrected chi connectivity index (χ3v) is 3.33. The van der Waals surface area contributed by atoms with Crippen LogP contribution in [0, 0.1) is 0 Å². The Balaban J connectivity index is 1.99. The van der Waals surface area contributed by atoms with Crippen molar-refractivity contribution in [1.29, 1.82) is 0 Å². The molecule has 0 amide bonds. The number of benzene rings is 2. The van der Waals surface area contributed by atoms with Crippen LogP contribution in [0.5, 0.6) is 5.75 Å². The highest BCUT2D eigenvalue weighted by molar-refractivity contribution is 6.30. The molecule has 1 N–H and O–H groups in total. The molecule has 0 bridgehead atoms. The highest BCUT2D eigenvalue weighted by atomic mass is 35.5. The Morgan fingerprint density at radius 1 is 0.895 bits per heavy atom. The number of hydrogen-bond acceptors (Lipinski definition) is 2. The van der Waals surface area contributed by atoms with Crippen molar-refractivity contribution in [3.05, 3.63) is 64.1 Å². The normalized spacial score (nSPS) is 12.2. The molecule has 2 aromatic rings. The Morgan fingerprint density at radius 3 is 1.95 bits per heavy atom. The van der Waals surface area contributed by atoms with E-state index < -0.39 is 0 Å². The zero-order valence-corrected chi connectivity index (χ0v) is 11.7. The number of ether oxygens (including phenoxy) is 1. The lowest BCUT2D eigenvalue weighted by atomic mass is 10.0. The number of halogens is 2. The van der Waals surface area contributed by atoms with Crippen LogP contribution in [-0.4, -0.2) is 18.3 Å². The molecular formula is C15H14Cl2O2. The summed E-state index contributed by atoms with van der Waals surface area (Å²) in [7, 11) is 0. The largest absolute Gasteiger partial charge is 0.493 e. The maximum Gasteiger partial charge on any atom is 0.119 e. The maximum absolute atomic E-state index is 9.44. The smallest absolute Gasteiger partial charge is 0.119 e. The topological polar surface area (TPSA) is 29.5 Å². The van der Waals surface area contributed by atoms with Crippen LogP contribution in [0.2, 0.25) is 10.0 Å².